The van der Waals surface area contributed by atoms with Crippen LogP contribution in [0.3, 0.4) is 0 Å². The molecule has 5 aromatic rings. The van der Waals surface area contributed by atoms with Gasteiger partial charge in [0, 0.05) is 39.7 Å². The molecule has 5 rings (SSSR count). The van der Waals surface area contributed by atoms with E-state index in [0.717, 1.165) is 33.5 Å². The Hall–Kier alpha value is -5.05. The van der Waals surface area contributed by atoms with Gasteiger partial charge in [0.2, 0.25) is 0 Å². The largest absolute Gasteiger partial charge is 0.486 e. The van der Waals surface area contributed by atoms with E-state index in [1.165, 1.54) is 6.21 Å². The molecule has 41 heavy (non-hydrogen) atoms. The molecular formula is C32H32N4O5. The van der Waals surface area contributed by atoms with E-state index in [2.05, 4.69) is 41.1 Å². The number of furan rings is 1. The molecule has 0 radical (unpaired) electrons. The van der Waals surface area contributed by atoms with Gasteiger partial charge in [0.25, 0.3) is 0 Å². The summed E-state index contributed by atoms with van der Waals surface area (Å²) in [6.45, 7) is 8.02. The third kappa shape index (κ3) is 6.41. The van der Waals surface area contributed by atoms with Gasteiger partial charge in [-0.2, -0.15) is 5.10 Å². The summed E-state index contributed by atoms with van der Waals surface area (Å²) in [5, 5.41) is 5.00. The summed E-state index contributed by atoms with van der Waals surface area (Å²) < 4.78 is 20.8. The first kappa shape index (κ1) is 27.5. The highest BCUT2D eigenvalue weighted by Gasteiger charge is 2.14. The number of ether oxygens (including phenoxy) is 2. The van der Waals surface area contributed by atoms with Gasteiger partial charge in [0.05, 0.1) is 12.3 Å². The second-order valence-corrected chi connectivity index (χ2v) is 9.97. The maximum Gasteiger partial charge on any atom is 0.326 e. The monoisotopic (exact) mass is 552 g/mol. The number of nitrogens with zero attached hydrogens (tertiary/aromatic N) is 3. The normalized spacial score (nSPS) is 11.4. The van der Waals surface area contributed by atoms with Crippen molar-refractivity contribution in [2.45, 2.75) is 47.0 Å². The number of amides is 1. The smallest absolute Gasteiger partial charge is 0.326 e. The molecular weight excluding hydrogens is 520 g/mol. The van der Waals surface area contributed by atoms with E-state index in [0.29, 0.717) is 11.5 Å². The van der Waals surface area contributed by atoms with Crippen LogP contribution in [0.1, 0.15) is 47.1 Å². The molecule has 210 valence electrons. The van der Waals surface area contributed by atoms with Gasteiger partial charge in [-0.05, 0) is 82.3 Å². The first-order valence-corrected chi connectivity index (χ1v) is 13.4. The molecule has 0 saturated heterocycles. The minimum atomic E-state index is -0.487. The predicted molar refractivity (Wildman–Crippen MR) is 157 cm³/mol. The molecule has 0 bridgehead atoms. The number of carbonyl (C=O) groups excluding carboxylic acids is 2. The zero-order valence-corrected chi connectivity index (χ0v) is 23.5. The van der Waals surface area contributed by atoms with Crippen LogP contribution in [0, 0.1) is 13.8 Å². The summed E-state index contributed by atoms with van der Waals surface area (Å²) in [6, 6.07) is 22.9. The molecule has 3 heterocycles. The molecule has 1 N–H and O–H groups in total. The van der Waals surface area contributed by atoms with Crippen molar-refractivity contribution >= 4 is 29.0 Å². The van der Waals surface area contributed by atoms with Crippen LogP contribution >= 0.6 is 0 Å². The first-order chi connectivity index (χ1) is 19.8. The molecule has 0 atom stereocenters. The van der Waals surface area contributed by atoms with Crippen molar-refractivity contribution < 1.29 is 23.5 Å². The Labute approximate surface area is 238 Å². The van der Waals surface area contributed by atoms with Crippen molar-refractivity contribution in [1.82, 2.24) is 14.6 Å². The number of esters is 1. The molecule has 0 fully saturated rings. The fourth-order valence-electron chi connectivity index (χ4n) is 4.66. The number of nitrogens with one attached hydrogen (secondary N) is 1. The van der Waals surface area contributed by atoms with Gasteiger partial charge < -0.3 is 23.0 Å². The first-order valence-electron chi connectivity index (χ1n) is 13.4. The van der Waals surface area contributed by atoms with Crippen LogP contribution < -0.4 is 10.2 Å². The number of benzene rings is 2. The Balaban J connectivity index is 1.18. The quantitative estimate of drug-likeness (QED) is 0.131. The Morgan fingerprint density at radius 1 is 0.976 bits per heavy atom. The minimum Gasteiger partial charge on any atom is -0.486 e. The van der Waals surface area contributed by atoms with Crippen molar-refractivity contribution in [3.8, 4) is 11.4 Å². The fraction of sp³-hybridized carbons (Fsp3) is 0.219. The van der Waals surface area contributed by atoms with Crippen LogP contribution in [0.15, 0.2) is 88.5 Å². The number of fused-ring (bicyclic) bond motifs is 1. The number of hydrazone groups is 1. The summed E-state index contributed by atoms with van der Waals surface area (Å²) in [5.41, 5.74) is 7.50. The molecule has 2 aromatic carbocycles. The number of rotatable bonds is 10. The number of hydrogen-bond donors (Lipinski definition) is 1. The molecule has 0 unspecified atom stereocenters. The van der Waals surface area contributed by atoms with Gasteiger partial charge in [-0.1, -0.05) is 18.2 Å². The van der Waals surface area contributed by atoms with Gasteiger partial charge in [0.1, 0.15) is 24.7 Å². The van der Waals surface area contributed by atoms with Gasteiger partial charge >= 0.3 is 11.9 Å². The highest BCUT2D eigenvalue weighted by molar-refractivity contribution is 6.00. The lowest BCUT2D eigenvalue weighted by Gasteiger charge is -2.10. The summed E-state index contributed by atoms with van der Waals surface area (Å²) in [4.78, 5) is 24.8. The average molecular weight is 553 g/mol. The van der Waals surface area contributed by atoms with Crippen LogP contribution in [-0.4, -0.2) is 33.3 Å². The standard InChI is InChI=1S/C32H32N4O5/c1-21(2)40-31(37)19-35-18-24(28-7-5-6-8-29(28)35)17-33-34-32(38)30-16-15-27(41-30)20-39-26-13-11-25(12-14-26)36-22(3)9-10-23(36)4/h5-18,21H,19-20H2,1-4H3,(H,34,38)/b33-17+. The lowest BCUT2D eigenvalue weighted by molar-refractivity contribution is -0.148. The molecule has 9 nitrogen and oxygen atoms in total. The fourth-order valence-corrected chi connectivity index (χ4v) is 4.66. The van der Waals surface area contributed by atoms with Crippen LogP contribution in [-0.2, 0) is 22.7 Å². The highest BCUT2D eigenvalue weighted by Crippen LogP contribution is 2.22. The van der Waals surface area contributed by atoms with E-state index >= 15 is 0 Å². The van der Waals surface area contributed by atoms with E-state index in [1.54, 1.807) is 22.9 Å². The van der Waals surface area contributed by atoms with Gasteiger partial charge in [-0.3, -0.25) is 9.59 Å². The second-order valence-electron chi connectivity index (χ2n) is 9.97. The third-order valence-electron chi connectivity index (χ3n) is 6.49. The van der Waals surface area contributed by atoms with Crippen molar-refractivity contribution in [2.24, 2.45) is 5.10 Å². The van der Waals surface area contributed by atoms with Gasteiger partial charge in [0.15, 0.2) is 5.76 Å². The number of hydrogen-bond acceptors (Lipinski definition) is 6. The molecule has 9 heteroatoms. The summed E-state index contributed by atoms with van der Waals surface area (Å²) in [7, 11) is 0. The lowest BCUT2D eigenvalue weighted by Crippen LogP contribution is -2.17. The zero-order chi connectivity index (χ0) is 28.9. The second kappa shape index (κ2) is 12.0. The molecule has 0 aliphatic heterocycles. The van der Waals surface area contributed by atoms with Crippen LogP contribution in [0.2, 0.25) is 0 Å². The van der Waals surface area contributed by atoms with E-state index in [1.807, 2.05) is 62.4 Å². The maximum atomic E-state index is 12.6. The number of carbonyl (C=O) groups is 2. The molecule has 0 saturated carbocycles. The van der Waals surface area contributed by atoms with E-state index < -0.39 is 5.91 Å². The van der Waals surface area contributed by atoms with Gasteiger partial charge in [-0.15, -0.1) is 0 Å². The Bertz CT molecular complexity index is 1690. The topological polar surface area (TPSA) is 100.0 Å². The Morgan fingerprint density at radius 2 is 1.71 bits per heavy atom. The molecule has 0 aliphatic carbocycles. The number of para-hydroxylation sites is 1. The van der Waals surface area contributed by atoms with Crippen LogP contribution in [0.4, 0.5) is 0 Å². The Morgan fingerprint density at radius 3 is 2.44 bits per heavy atom. The summed E-state index contributed by atoms with van der Waals surface area (Å²) in [6.07, 6.45) is 3.15. The summed E-state index contributed by atoms with van der Waals surface area (Å²) >= 11 is 0. The molecule has 0 spiro atoms. The molecule has 3 aromatic heterocycles. The van der Waals surface area contributed by atoms with Crippen LogP contribution in [0.5, 0.6) is 5.75 Å². The summed E-state index contributed by atoms with van der Waals surface area (Å²) in [5.74, 6) is 0.512. The molecule has 0 aliphatic rings. The SMILES string of the molecule is Cc1ccc(C)n1-c1ccc(OCc2ccc(C(=O)N/N=C/c3cn(CC(=O)OC(C)C)c4ccccc34)o2)cc1. The van der Waals surface area contributed by atoms with Crippen LogP contribution in [0.25, 0.3) is 16.6 Å². The number of aromatic nitrogens is 2. The number of aryl methyl sites for hydroxylation is 2. The van der Waals surface area contributed by atoms with E-state index in [4.69, 9.17) is 13.9 Å². The average Bonchev–Trinajstić information content (AvgIpc) is 3.65. The maximum absolute atomic E-state index is 12.6. The van der Waals surface area contributed by atoms with Crippen molar-refractivity contribution in [1.29, 1.82) is 0 Å². The van der Waals surface area contributed by atoms with E-state index in [-0.39, 0.29) is 31.0 Å². The van der Waals surface area contributed by atoms with Crippen molar-refractivity contribution in [3.63, 3.8) is 0 Å². The van der Waals surface area contributed by atoms with Crippen molar-refractivity contribution in [2.75, 3.05) is 0 Å². The van der Waals surface area contributed by atoms with Crippen molar-refractivity contribution in [3.05, 3.63) is 107 Å². The van der Waals surface area contributed by atoms with E-state index in [9.17, 15) is 9.59 Å². The zero-order valence-electron chi connectivity index (χ0n) is 23.5. The highest BCUT2D eigenvalue weighted by atomic mass is 16.5. The predicted octanol–water partition coefficient (Wildman–Crippen LogP) is 5.94. The van der Waals surface area contributed by atoms with Gasteiger partial charge in [-0.25, -0.2) is 5.43 Å². The lowest BCUT2D eigenvalue weighted by atomic mass is 10.2. The third-order valence-corrected chi connectivity index (χ3v) is 6.49. The Kier molecular flexibility index (Phi) is 8.05. The minimum absolute atomic E-state index is 0.0761. The molecule has 1 amide bonds.